The predicted molar refractivity (Wildman–Crippen MR) is 91.1 cm³/mol. The topological polar surface area (TPSA) is 81.5 Å². The number of aryl methyl sites for hydroxylation is 1. The lowest BCUT2D eigenvalue weighted by molar-refractivity contribution is -0.384. The van der Waals surface area contributed by atoms with Crippen LogP contribution in [0.3, 0.4) is 0 Å². The SMILES string of the molecule is Cc1ccc(NC(=O)COc2ccc([N+](=O)[O-])cc2Cl)c(Br)c1. The van der Waals surface area contributed by atoms with Gasteiger partial charge in [0.05, 0.1) is 15.6 Å². The summed E-state index contributed by atoms with van der Waals surface area (Å²) in [5.41, 5.74) is 1.54. The van der Waals surface area contributed by atoms with Gasteiger partial charge >= 0.3 is 0 Å². The van der Waals surface area contributed by atoms with E-state index in [1.807, 2.05) is 19.1 Å². The highest BCUT2D eigenvalue weighted by molar-refractivity contribution is 9.10. The number of nitrogens with zero attached hydrogens (tertiary/aromatic N) is 1. The number of hydrogen-bond acceptors (Lipinski definition) is 4. The molecular weight excluding hydrogens is 388 g/mol. The summed E-state index contributed by atoms with van der Waals surface area (Å²) in [4.78, 5) is 22.0. The van der Waals surface area contributed by atoms with Gasteiger partial charge in [0.2, 0.25) is 0 Å². The van der Waals surface area contributed by atoms with Gasteiger partial charge in [-0.3, -0.25) is 14.9 Å². The van der Waals surface area contributed by atoms with Crippen LogP contribution in [0.2, 0.25) is 5.02 Å². The number of nitrogens with one attached hydrogen (secondary N) is 1. The second-order valence-electron chi connectivity index (χ2n) is 4.69. The second-order valence-corrected chi connectivity index (χ2v) is 5.95. The third-order valence-electron chi connectivity index (χ3n) is 2.88. The van der Waals surface area contributed by atoms with Gasteiger partial charge in [0.25, 0.3) is 11.6 Å². The highest BCUT2D eigenvalue weighted by Crippen LogP contribution is 2.28. The summed E-state index contributed by atoms with van der Waals surface area (Å²) in [6.07, 6.45) is 0. The highest BCUT2D eigenvalue weighted by Gasteiger charge is 2.12. The normalized spacial score (nSPS) is 10.2. The Balaban J connectivity index is 1.98. The fourth-order valence-corrected chi connectivity index (χ4v) is 2.59. The third-order valence-corrected chi connectivity index (χ3v) is 3.84. The van der Waals surface area contributed by atoms with Crippen LogP contribution in [0.5, 0.6) is 5.75 Å². The van der Waals surface area contributed by atoms with E-state index in [0.29, 0.717) is 5.69 Å². The number of ether oxygens (including phenoxy) is 1. The van der Waals surface area contributed by atoms with E-state index in [0.717, 1.165) is 10.0 Å². The van der Waals surface area contributed by atoms with Crippen molar-refractivity contribution < 1.29 is 14.5 Å². The van der Waals surface area contributed by atoms with Crippen LogP contribution in [-0.2, 0) is 4.79 Å². The maximum atomic E-state index is 11.9. The Kier molecular flexibility index (Phi) is 5.57. The Morgan fingerprint density at radius 3 is 2.70 bits per heavy atom. The molecular formula is C15H12BrClN2O4. The zero-order valence-corrected chi connectivity index (χ0v) is 14.3. The van der Waals surface area contributed by atoms with E-state index in [2.05, 4.69) is 21.2 Å². The average Bonchev–Trinajstić information content (AvgIpc) is 2.48. The molecule has 0 atom stereocenters. The number of carbonyl (C=O) groups excluding carboxylic acids is 1. The summed E-state index contributed by atoms with van der Waals surface area (Å²) >= 11 is 9.26. The van der Waals surface area contributed by atoms with Crippen molar-refractivity contribution in [1.29, 1.82) is 0 Å². The number of non-ortho nitro benzene ring substituents is 1. The predicted octanol–water partition coefficient (Wildman–Crippen LogP) is 4.34. The summed E-state index contributed by atoms with van der Waals surface area (Å²) in [5, 5.41) is 13.4. The first kappa shape index (κ1) is 17.2. The summed E-state index contributed by atoms with van der Waals surface area (Å²) in [6, 6.07) is 9.31. The number of rotatable bonds is 5. The summed E-state index contributed by atoms with van der Waals surface area (Å²) < 4.78 is 6.05. The van der Waals surface area contributed by atoms with E-state index in [1.165, 1.54) is 18.2 Å². The van der Waals surface area contributed by atoms with Crippen molar-refractivity contribution in [1.82, 2.24) is 0 Å². The van der Waals surface area contributed by atoms with E-state index >= 15 is 0 Å². The molecule has 2 aromatic rings. The summed E-state index contributed by atoms with van der Waals surface area (Å²) in [7, 11) is 0. The standard InChI is InChI=1S/C15H12BrClN2O4/c1-9-2-4-13(11(16)6-9)18-15(20)8-23-14-5-3-10(19(21)22)7-12(14)17/h2-7H,8H2,1H3,(H,18,20). The van der Waals surface area contributed by atoms with Crippen molar-refractivity contribution in [3.8, 4) is 5.75 Å². The minimum absolute atomic E-state index is 0.0727. The quantitative estimate of drug-likeness (QED) is 0.599. The fourth-order valence-electron chi connectivity index (χ4n) is 1.77. The average molecular weight is 400 g/mol. The van der Waals surface area contributed by atoms with Gasteiger partial charge < -0.3 is 10.1 Å². The van der Waals surface area contributed by atoms with Gasteiger partial charge in [0, 0.05) is 16.6 Å². The van der Waals surface area contributed by atoms with Crippen LogP contribution >= 0.6 is 27.5 Å². The van der Waals surface area contributed by atoms with Crippen molar-refractivity contribution >= 4 is 44.8 Å². The van der Waals surface area contributed by atoms with Crippen LogP contribution in [0.1, 0.15) is 5.56 Å². The Labute approximate surface area is 145 Å². The van der Waals surface area contributed by atoms with Gasteiger partial charge in [-0.2, -0.15) is 0 Å². The smallest absolute Gasteiger partial charge is 0.271 e. The molecule has 1 N–H and O–H groups in total. The van der Waals surface area contributed by atoms with E-state index < -0.39 is 4.92 Å². The molecule has 0 bridgehead atoms. The molecule has 0 saturated heterocycles. The second kappa shape index (κ2) is 7.43. The molecule has 120 valence electrons. The number of amides is 1. The first-order valence-electron chi connectivity index (χ1n) is 6.49. The van der Waals surface area contributed by atoms with Crippen LogP contribution in [0.15, 0.2) is 40.9 Å². The van der Waals surface area contributed by atoms with Gasteiger partial charge in [-0.25, -0.2) is 0 Å². The lowest BCUT2D eigenvalue weighted by Crippen LogP contribution is -2.20. The zero-order chi connectivity index (χ0) is 17.0. The van der Waals surface area contributed by atoms with Gasteiger partial charge in [0.1, 0.15) is 5.75 Å². The van der Waals surface area contributed by atoms with Gasteiger partial charge in [-0.1, -0.05) is 17.7 Å². The van der Waals surface area contributed by atoms with Crippen LogP contribution < -0.4 is 10.1 Å². The van der Waals surface area contributed by atoms with E-state index in [4.69, 9.17) is 16.3 Å². The van der Waals surface area contributed by atoms with E-state index in [-0.39, 0.29) is 29.0 Å². The molecule has 0 aliphatic rings. The molecule has 0 saturated carbocycles. The number of halogens is 2. The van der Waals surface area contributed by atoms with Crippen molar-refractivity contribution in [2.24, 2.45) is 0 Å². The Hall–Kier alpha value is -2.12. The molecule has 1 amide bonds. The molecule has 0 aliphatic heterocycles. The molecule has 0 unspecified atom stereocenters. The largest absolute Gasteiger partial charge is 0.482 e. The fraction of sp³-hybridized carbons (Fsp3) is 0.133. The molecule has 0 aromatic heterocycles. The van der Waals surface area contributed by atoms with Crippen molar-refractivity contribution in [2.45, 2.75) is 6.92 Å². The Morgan fingerprint density at radius 1 is 1.35 bits per heavy atom. The Morgan fingerprint density at radius 2 is 2.09 bits per heavy atom. The summed E-state index contributed by atoms with van der Waals surface area (Å²) in [6.45, 7) is 1.67. The molecule has 2 rings (SSSR count). The minimum atomic E-state index is -0.558. The van der Waals surface area contributed by atoms with Crippen molar-refractivity contribution in [2.75, 3.05) is 11.9 Å². The molecule has 0 radical (unpaired) electrons. The number of benzene rings is 2. The number of anilines is 1. The van der Waals surface area contributed by atoms with Crippen molar-refractivity contribution in [3.63, 3.8) is 0 Å². The number of carbonyl (C=O) groups is 1. The molecule has 6 nitrogen and oxygen atoms in total. The van der Waals surface area contributed by atoms with Crippen LogP contribution in [0, 0.1) is 17.0 Å². The number of nitro groups is 1. The molecule has 23 heavy (non-hydrogen) atoms. The van der Waals surface area contributed by atoms with Crippen LogP contribution in [0.25, 0.3) is 0 Å². The summed E-state index contributed by atoms with van der Waals surface area (Å²) in [5.74, 6) is -0.167. The number of nitro benzene ring substituents is 1. The minimum Gasteiger partial charge on any atom is -0.482 e. The Bertz CT molecular complexity index is 767. The molecule has 0 spiro atoms. The zero-order valence-electron chi connectivity index (χ0n) is 12.0. The first-order chi connectivity index (χ1) is 10.9. The molecule has 2 aromatic carbocycles. The maximum absolute atomic E-state index is 11.9. The highest BCUT2D eigenvalue weighted by atomic mass is 79.9. The van der Waals surface area contributed by atoms with E-state index in [9.17, 15) is 14.9 Å². The molecule has 0 fully saturated rings. The van der Waals surface area contributed by atoms with E-state index in [1.54, 1.807) is 6.07 Å². The van der Waals surface area contributed by atoms with Crippen LogP contribution in [0.4, 0.5) is 11.4 Å². The molecule has 0 aliphatic carbocycles. The lowest BCUT2D eigenvalue weighted by Gasteiger charge is -2.10. The van der Waals surface area contributed by atoms with Gasteiger partial charge in [0.15, 0.2) is 6.61 Å². The monoisotopic (exact) mass is 398 g/mol. The van der Waals surface area contributed by atoms with Crippen molar-refractivity contribution in [3.05, 3.63) is 61.6 Å². The first-order valence-corrected chi connectivity index (χ1v) is 7.66. The van der Waals surface area contributed by atoms with Gasteiger partial charge in [-0.05, 0) is 46.6 Å². The maximum Gasteiger partial charge on any atom is 0.271 e. The number of hydrogen-bond donors (Lipinski definition) is 1. The van der Waals surface area contributed by atoms with Crippen LogP contribution in [-0.4, -0.2) is 17.4 Å². The lowest BCUT2D eigenvalue weighted by atomic mass is 10.2. The van der Waals surface area contributed by atoms with Gasteiger partial charge in [-0.15, -0.1) is 0 Å². The third kappa shape index (κ3) is 4.67. The molecule has 0 heterocycles. The molecule has 8 heteroatoms.